The number of carbonyl (C=O) groups excluding carboxylic acids is 1. The maximum Gasteiger partial charge on any atom is 0.262 e. The van der Waals surface area contributed by atoms with Gasteiger partial charge in [-0.3, -0.25) is 4.79 Å². The number of anilines is 2. The Bertz CT molecular complexity index is 927. The molecule has 0 atom stereocenters. The quantitative estimate of drug-likeness (QED) is 0.750. The van der Waals surface area contributed by atoms with Crippen molar-refractivity contribution in [2.45, 2.75) is 0 Å². The van der Waals surface area contributed by atoms with E-state index in [0.29, 0.717) is 38.0 Å². The number of morpholine rings is 1. The zero-order valence-electron chi connectivity index (χ0n) is 14.8. The third-order valence-corrected chi connectivity index (χ3v) is 4.23. The molecular formula is C20H20N4O3. The second-order valence-electron chi connectivity index (χ2n) is 6.14. The van der Waals surface area contributed by atoms with Crippen molar-refractivity contribution in [3.05, 3.63) is 54.6 Å². The maximum atomic E-state index is 12.2. The number of amides is 1. The number of aromatic nitrogens is 2. The normalized spacial score (nSPS) is 14.1. The number of benzene rings is 2. The molecule has 2 heterocycles. The number of rotatable bonds is 5. The predicted molar refractivity (Wildman–Crippen MR) is 103 cm³/mol. The van der Waals surface area contributed by atoms with Crippen molar-refractivity contribution >= 4 is 28.4 Å². The molecule has 27 heavy (non-hydrogen) atoms. The number of para-hydroxylation sites is 3. The van der Waals surface area contributed by atoms with Gasteiger partial charge in [-0.25, -0.2) is 9.97 Å². The lowest BCUT2D eigenvalue weighted by Crippen LogP contribution is -2.37. The number of carbonyl (C=O) groups is 1. The summed E-state index contributed by atoms with van der Waals surface area (Å²) in [5.41, 5.74) is 2.25. The zero-order valence-corrected chi connectivity index (χ0v) is 14.8. The Morgan fingerprint density at radius 3 is 2.41 bits per heavy atom. The van der Waals surface area contributed by atoms with Crippen LogP contribution in [0.25, 0.3) is 11.0 Å². The van der Waals surface area contributed by atoms with Gasteiger partial charge in [0, 0.05) is 18.8 Å². The summed E-state index contributed by atoms with van der Waals surface area (Å²) in [6.45, 7) is 2.53. The second-order valence-corrected chi connectivity index (χ2v) is 6.14. The highest BCUT2D eigenvalue weighted by molar-refractivity contribution is 5.92. The molecule has 0 unspecified atom stereocenters. The minimum Gasteiger partial charge on any atom is -0.465 e. The van der Waals surface area contributed by atoms with Crippen LogP contribution in [-0.4, -0.2) is 48.8 Å². The van der Waals surface area contributed by atoms with E-state index in [9.17, 15) is 4.79 Å². The summed E-state index contributed by atoms with van der Waals surface area (Å²) in [6.07, 6.45) is 0. The van der Waals surface area contributed by atoms with Gasteiger partial charge in [-0.2, -0.15) is 0 Å². The Hall–Kier alpha value is -3.19. The molecule has 4 rings (SSSR count). The Balaban J connectivity index is 1.54. The van der Waals surface area contributed by atoms with Crippen molar-refractivity contribution in [1.82, 2.24) is 9.97 Å². The molecule has 1 aliphatic rings. The van der Waals surface area contributed by atoms with Crippen molar-refractivity contribution in [2.24, 2.45) is 0 Å². The van der Waals surface area contributed by atoms with E-state index >= 15 is 0 Å². The van der Waals surface area contributed by atoms with E-state index in [1.165, 1.54) is 0 Å². The number of nitrogens with one attached hydrogen (secondary N) is 1. The van der Waals surface area contributed by atoms with E-state index < -0.39 is 0 Å². The van der Waals surface area contributed by atoms with Crippen LogP contribution >= 0.6 is 0 Å². The molecule has 3 aromatic rings. The van der Waals surface area contributed by atoms with Gasteiger partial charge in [0.25, 0.3) is 11.8 Å². The first-order valence-electron chi connectivity index (χ1n) is 8.87. The Kier molecular flexibility index (Phi) is 5.11. The van der Waals surface area contributed by atoms with Crippen LogP contribution in [0.3, 0.4) is 0 Å². The molecule has 0 saturated carbocycles. The maximum absolute atomic E-state index is 12.2. The van der Waals surface area contributed by atoms with Gasteiger partial charge in [0.1, 0.15) is 0 Å². The molecule has 138 valence electrons. The molecule has 0 spiro atoms. The number of hydrogen-bond donors (Lipinski definition) is 1. The van der Waals surface area contributed by atoms with Crippen LogP contribution in [-0.2, 0) is 9.53 Å². The van der Waals surface area contributed by atoms with Crippen LogP contribution in [0.1, 0.15) is 0 Å². The summed E-state index contributed by atoms with van der Waals surface area (Å²) in [7, 11) is 0. The van der Waals surface area contributed by atoms with E-state index in [-0.39, 0.29) is 12.5 Å². The molecule has 7 heteroatoms. The number of fused-ring (bicyclic) bond motifs is 1. The smallest absolute Gasteiger partial charge is 0.262 e. The average Bonchev–Trinajstić information content (AvgIpc) is 2.73. The van der Waals surface area contributed by atoms with Crippen LogP contribution in [0.2, 0.25) is 0 Å². The molecule has 1 aromatic heterocycles. The van der Waals surface area contributed by atoms with Crippen molar-refractivity contribution < 1.29 is 14.3 Å². The van der Waals surface area contributed by atoms with E-state index in [4.69, 9.17) is 14.5 Å². The molecule has 1 saturated heterocycles. The van der Waals surface area contributed by atoms with Crippen LogP contribution in [0, 0.1) is 0 Å². The summed E-state index contributed by atoms with van der Waals surface area (Å²) in [4.78, 5) is 23.6. The molecule has 0 radical (unpaired) electrons. The van der Waals surface area contributed by atoms with Crippen molar-refractivity contribution in [3.63, 3.8) is 0 Å². The number of nitrogens with zero attached hydrogens (tertiary/aromatic N) is 3. The van der Waals surface area contributed by atoms with Crippen LogP contribution in [0.4, 0.5) is 11.5 Å². The lowest BCUT2D eigenvalue weighted by atomic mass is 10.3. The fourth-order valence-corrected chi connectivity index (χ4v) is 2.90. The molecule has 1 fully saturated rings. The highest BCUT2D eigenvalue weighted by Crippen LogP contribution is 2.27. The van der Waals surface area contributed by atoms with Crippen molar-refractivity contribution in [1.29, 1.82) is 0 Å². The predicted octanol–water partition coefficient (Wildman–Crippen LogP) is 2.48. The highest BCUT2D eigenvalue weighted by atomic mass is 16.5. The van der Waals surface area contributed by atoms with Gasteiger partial charge >= 0.3 is 0 Å². The monoisotopic (exact) mass is 364 g/mol. The highest BCUT2D eigenvalue weighted by Gasteiger charge is 2.20. The molecule has 1 N–H and O–H groups in total. The van der Waals surface area contributed by atoms with Crippen LogP contribution in [0.5, 0.6) is 5.88 Å². The Labute approximate surface area is 156 Å². The third-order valence-electron chi connectivity index (χ3n) is 4.23. The fourth-order valence-electron chi connectivity index (χ4n) is 2.90. The summed E-state index contributed by atoms with van der Waals surface area (Å²) < 4.78 is 11.2. The SMILES string of the molecule is O=C(COc1nc2ccccc2nc1N1CCOCC1)Nc1ccccc1. The van der Waals surface area contributed by atoms with Crippen molar-refractivity contribution in [2.75, 3.05) is 43.1 Å². The van der Waals surface area contributed by atoms with E-state index in [0.717, 1.165) is 16.7 Å². The first kappa shape index (κ1) is 17.2. The Morgan fingerprint density at radius 2 is 1.67 bits per heavy atom. The third kappa shape index (κ3) is 4.15. The minimum absolute atomic E-state index is 0.140. The fraction of sp³-hybridized carbons (Fsp3) is 0.250. The first-order valence-corrected chi connectivity index (χ1v) is 8.87. The lowest BCUT2D eigenvalue weighted by Gasteiger charge is -2.28. The van der Waals surface area contributed by atoms with Crippen LogP contribution < -0.4 is 15.0 Å². The van der Waals surface area contributed by atoms with E-state index in [2.05, 4.69) is 15.2 Å². The largest absolute Gasteiger partial charge is 0.465 e. The molecule has 1 aliphatic heterocycles. The van der Waals surface area contributed by atoms with E-state index in [1.807, 2.05) is 54.6 Å². The summed E-state index contributed by atoms with van der Waals surface area (Å²) >= 11 is 0. The molecule has 2 aromatic carbocycles. The minimum atomic E-state index is -0.246. The molecule has 0 bridgehead atoms. The molecule has 7 nitrogen and oxygen atoms in total. The van der Waals surface area contributed by atoms with Gasteiger partial charge in [0.2, 0.25) is 0 Å². The molecule has 0 aliphatic carbocycles. The zero-order chi connectivity index (χ0) is 18.5. The second kappa shape index (κ2) is 8.01. The van der Waals surface area contributed by atoms with Gasteiger partial charge in [0.05, 0.1) is 24.2 Å². The summed E-state index contributed by atoms with van der Waals surface area (Å²) in [6, 6.07) is 16.9. The molecular weight excluding hydrogens is 344 g/mol. The topological polar surface area (TPSA) is 76.6 Å². The van der Waals surface area contributed by atoms with Crippen molar-refractivity contribution in [3.8, 4) is 5.88 Å². The van der Waals surface area contributed by atoms with Gasteiger partial charge in [0.15, 0.2) is 12.4 Å². The van der Waals surface area contributed by atoms with E-state index in [1.54, 1.807) is 0 Å². The summed E-state index contributed by atoms with van der Waals surface area (Å²) in [5, 5.41) is 2.80. The standard InChI is InChI=1S/C20H20N4O3/c25-18(21-15-6-2-1-3-7-15)14-27-20-19(24-10-12-26-13-11-24)22-16-8-4-5-9-17(16)23-20/h1-9H,10-14H2,(H,21,25). The van der Waals surface area contributed by atoms with Crippen LogP contribution in [0.15, 0.2) is 54.6 Å². The first-order chi connectivity index (χ1) is 13.3. The van der Waals surface area contributed by atoms with Gasteiger partial charge in [-0.05, 0) is 24.3 Å². The van der Waals surface area contributed by atoms with Gasteiger partial charge in [-0.1, -0.05) is 30.3 Å². The van der Waals surface area contributed by atoms with Gasteiger partial charge in [-0.15, -0.1) is 0 Å². The number of hydrogen-bond acceptors (Lipinski definition) is 6. The summed E-state index contributed by atoms with van der Waals surface area (Å²) in [5.74, 6) is 0.757. The average molecular weight is 364 g/mol. The van der Waals surface area contributed by atoms with Gasteiger partial charge < -0.3 is 19.7 Å². The Morgan fingerprint density at radius 1 is 1.00 bits per heavy atom. The molecule has 1 amide bonds. The lowest BCUT2D eigenvalue weighted by molar-refractivity contribution is -0.118. The number of ether oxygens (including phenoxy) is 2.